The van der Waals surface area contributed by atoms with E-state index in [-0.39, 0.29) is 28.8 Å². The Morgan fingerprint density at radius 2 is 1.67 bits per heavy atom. The first-order chi connectivity index (χ1) is 11.0. The molecule has 2 aromatic carbocycles. The standard InChI is InChI=1S/C15H17O3.C5H5.Fe/c1-14(2)11(10-6-3-4-7-10)18-13(17)15(12(14)16)8-5-9-15;1-2-4-5-3-1;/h3-4,6-7,11H,5,8-9H2,1-2H3;1-5H;/q2*-1;+2. The molecule has 128 valence electrons. The number of esters is 1. The molecule has 1 aliphatic carbocycles. The summed E-state index contributed by atoms with van der Waals surface area (Å²) in [6.07, 6.45) is 1.81. The summed E-state index contributed by atoms with van der Waals surface area (Å²) in [5.41, 5.74) is -0.550. The Kier molecular flexibility index (Phi) is 5.52. The fraction of sp³-hybridized carbons (Fsp3) is 0.400. The number of rotatable bonds is 1. The molecular formula is C20H22FeO3. The molecule has 0 bridgehead atoms. The number of cyclic esters (lactones) is 1. The van der Waals surface area contributed by atoms with E-state index in [0.717, 1.165) is 12.0 Å². The van der Waals surface area contributed by atoms with Crippen LogP contribution < -0.4 is 0 Å². The van der Waals surface area contributed by atoms with Gasteiger partial charge in [-0.2, -0.15) is 30.3 Å². The molecule has 2 aromatic rings. The van der Waals surface area contributed by atoms with E-state index in [4.69, 9.17) is 4.74 Å². The zero-order valence-corrected chi connectivity index (χ0v) is 15.1. The second-order valence-corrected chi connectivity index (χ2v) is 6.95. The van der Waals surface area contributed by atoms with Crippen LogP contribution in [0, 0.1) is 10.8 Å². The van der Waals surface area contributed by atoms with E-state index in [9.17, 15) is 9.59 Å². The van der Waals surface area contributed by atoms with E-state index < -0.39 is 16.9 Å². The van der Waals surface area contributed by atoms with E-state index in [1.165, 1.54) is 0 Å². The second kappa shape index (κ2) is 7.08. The predicted molar refractivity (Wildman–Crippen MR) is 88.0 cm³/mol. The summed E-state index contributed by atoms with van der Waals surface area (Å²) >= 11 is 0. The van der Waals surface area contributed by atoms with Gasteiger partial charge in [0.25, 0.3) is 0 Å². The minimum atomic E-state index is -0.827. The molecule has 1 spiro atoms. The van der Waals surface area contributed by atoms with Crippen LogP contribution >= 0.6 is 0 Å². The summed E-state index contributed by atoms with van der Waals surface area (Å²) in [7, 11) is 0. The Morgan fingerprint density at radius 3 is 2.08 bits per heavy atom. The number of hydrogen-bond donors (Lipinski definition) is 0. The summed E-state index contributed by atoms with van der Waals surface area (Å²) in [5.74, 6) is -0.257. The van der Waals surface area contributed by atoms with Crippen LogP contribution in [-0.2, 0) is 31.4 Å². The summed E-state index contributed by atoms with van der Waals surface area (Å²) in [4.78, 5) is 24.8. The Bertz CT molecular complexity index is 647. The molecule has 1 atom stereocenters. The van der Waals surface area contributed by atoms with Crippen LogP contribution in [0.4, 0.5) is 0 Å². The summed E-state index contributed by atoms with van der Waals surface area (Å²) in [6, 6.07) is 17.6. The molecule has 4 heteroatoms. The molecule has 1 heterocycles. The summed E-state index contributed by atoms with van der Waals surface area (Å²) < 4.78 is 5.61. The van der Waals surface area contributed by atoms with Gasteiger partial charge < -0.3 is 4.74 Å². The van der Waals surface area contributed by atoms with Gasteiger partial charge in [-0.1, -0.05) is 20.3 Å². The first-order valence-corrected chi connectivity index (χ1v) is 8.13. The van der Waals surface area contributed by atoms with Crippen molar-refractivity contribution < 1.29 is 31.4 Å². The molecule has 1 saturated heterocycles. The van der Waals surface area contributed by atoms with E-state index in [0.29, 0.717) is 12.8 Å². The van der Waals surface area contributed by atoms with Crippen LogP contribution in [0.2, 0.25) is 0 Å². The summed E-state index contributed by atoms with van der Waals surface area (Å²) in [5, 5.41) is 0. The van der Waals surface area contributed by atoms with Crippen molar-refractivity contribution >= 4 is 11.8 Å². The number of carbonyl (C=O) groups is 2. The summed E-state index contributed by atoms with van der Waals surface area (Å²) in [6.45, 7) is 3.78. The van der Waals surface area contributed by atoms with Gasteiger partial charge in [0.1, 0.15) is 5.41 Å². The Hall–Kier alpha value is -1.64. The van der Waals surface area contributed by atoms with Crippen LogP contribution in [0.3, 0.4) is 0 Å². The molecular weight excluding hydrogens is 344 g/mol. The van der Waals surface area contributed by atoms with Crippen LogP contribution in [0.5, 0.6) is 0 Å². The number of hydrogen-bond acceptors (Lipinski definition) is 3. The smallest absolute Gasteiger partial charge is 0.468 e. The van der Waals surface area contributed by atoms with Crippen molar-refractivity contribution in [1.82, 2.24) is 0 Å². The molecule has 2 fully saturated rings. The van der Waals surface area contributed by atoms with Crippen molar-refractivity contribution in [3.05, 3.63) is 60.2 Å². The molecule has 1 aliphatic heterocycles. The topological polar surface area (TPSA) is 43.4 Å². The SMILES string of the molecule is CC1(C)C(=O)C2(CCC2)C(=O)OC1[c-]1cccc1.[Fe+2].c1cc[cH-]c1. The van der Waals surface area contributed by atoms with Gasteiger partial charge in [0.15, 0.2) is 5.78 Å². The third kappa shape index (κ3) is 3.01. The van der Waals surface area contributed by atoms with E-state index >= 15 is 0 Å². The normalized spacial score (nSPS) is 23.3. The average molecular weight is 366 g/mol. The van der Waals surface area contributed by atoms with Crippen molar-refractivity contribution in [3.8, 4) is 0 Å². The predicted octanol–water partition coefficient (Wildman–Crippen LogP) is 4.17. The third-order valence-corrected chi connectivity index (χ3v) is 5.04. The van der Waals surface area contributed by atoms with Gasteiger partial charge in [-0.15, -0.1) is 5.56 Å². The maximum atomic E-state index is 12.7. The van der Waals surface area contributed by atoms with Gasteiger partial charge >= 0.3 is 23.0 Å². The van der Waals surface area contributed by atoms with Crippen LogP contribution in [-0.4, -0.2) is 11.8 Å². The van der Waals surface area contributed by atoms with Gasteiger partial charge in [0.05, 0.1) is 11.5 Å². The minimum absolute atomic E-state index is 0. The second-order valence-electron chi connectivity index (χ2n) is 6.95. The molecule has 0 N–H and O–H groups in total. The van der Waals surface area contributed by atoms with Crippen molar-refractivity contribution in [2.75, 3.05) is 0 Å². The van der Waals surface area contributed by atoms with Crippen LogP contribution in [0.15, 0.2) is 54.6 Å². The first-order valence-electron chi connectivity index (χ1n) is 8.13. The van der Waals surface area contributed by atoms with Gasteiger partial charge in [-0.3, -0.25) is 9.59 Å². The van der Waals surface area contributed by atoms with Gasteiger partial charge in [-0.25, -0.2) is 24.3 Å². The van der Waals surface area contributed by atoms with Gasteiger partial charge in [-0.05, 0) is 12.8 Å². The molecule has 2 aliphatic rings. The number of Topliss-reactive ketones (excluding diaryl/α,β-unsaturated/α-hetero) is 1. The minimum Gasteiger partial charge on any atom is -0.468 e. The Labute approximate surface area is 153 Å². The monoisotopic (exact) mass is 366 g/mol. The van der Waals surface area contributed by atoms with Crippen LogP contribution in [0.1, 0.15) is 44.8 Å². The molecule has 1 saturated carbocycles. The number of ether oxygens (including phenoxy) is 1. The van der Waals surface area contributed by atoms with Crippen molar-refractivity contribution in [2.45, 2.75) is 39.2 Å². The molecule has 3 nitrogen and oxygen atoms in total. The number of ketones is 1. The largest absolute Gasteiger partial charge is 2.00 e. The Morgan fingerprint density at radius 1 is 1.08 bits per heavy atom. The maximum Gasteiger partial charge on any atom is 2.00 e. The average Bonchev–Trinajstić information content (AvgIpc) is 3.17. The number of carbonyl (C=O) groups excluding carboxylic acids is 2. The van der Waals surface area contributed by atoms with Crippen LogP contribution in [0.25, 0.3) is 0 Å². The quantitative estimate of drug-likeness (QED) is 0.329. The zero-order valence-electron chi connectivity index (χ0n) is 14.0. The van der Waals surface area contributed by atoms with Crippen molar-refractivity contribution in [1.29, 1.82) is 0 Å². The maximum absolute atomic E-state index is 12.7. The fourth-order valence-electron chi connectivity index (χ4n) is 3.53. The molecule has 0 radical (unpaired) electrons. The third-order valence-electron chi connectivity index (χ3n) is 5.04. The fourth-order valence-corrected chi connectivity index (χ4v) is 3.53. The molecule has 1 unspecified atom stereocenters. The van der Waals surface area contributed by atoms with E-state index in [1.54, 1.807) is 0 Å². The van der Waals surface area contributed by atoms with E-state index in [2.05, 4.69) is 0 Å². The van der Waals surface area contributed by atoms with Gasteiger partial charge in [0.2, 0.25) is 0 Å². The molecule has 24 heavy (non-hydrogen) atoms. The van der Waals surface area contributed by atoms with Crippen molar-refractivity contribution in [3.63, 3.8) is 0 Å². The Balaban J connectivity index is 0.000000300. The zero-order chi connectivity index (χ0) is 16.5. The molecule has 4 rings (SSSR count). The molecule has 0 aromatic heterocycles. The van der Waals surface area contributed by atoms with Crippen molar-refractivity contribution in [2.24, 2.45) is 10.8 Å². The van der Waals surface area contributed by atoms with E-state index in [1.807, 2.05) is 68.4 Å². The molecule has 0 amide bonds. The van der Waals surface area contributed by atoms with Gasteiger partial charge in [0, 0.05) is 0 Å². The first kappa shape index (κ1) is 18.7.